The number of hydrogen-bond acceptors (Lipinski definition) is 9. The zero-order valence-electron chi connectivity index (χ0n) is 24.5. The van der Waals surface area contributed by atoms with Crippen molar-refractivity contribution in [1.29, 1.82) is 5.26 Å². The highest BCUT2D eigenvalue weighted by molar-refractivity contribution is 6.76. The van der Waals surface area contributed by atoms with Crippen LogP contribution in [0.2, 0.25) is 25.7 Å². The Balaban J connectivity index is 1.55. The molecule has 2 aliphatic rings. The summed E-state index contributed by atoms with van der Waals surface area (Å²) in [6.45, 7) is 10.2. The van der Waals surface area contributed by atoms with Gasteiger partial charge in [0.25, 0.3) is 0 Å². The van der Waals surface area contributed by atoms with Crippen molar-refractivity contribution in [2.24, 2.45) is 5.92 Å². The predicted octanol–water partition coefficient (Wildman–Crippen LogP) is 4.20. The number of nitriles is 1. The molecule has 5 rings (SSSR count). The first-order valence-corrected chi connectivity index (χ1v) is 18.5. The Kier molecular flexibility index (Phi) is 9.49. The topological polar surface area (TPSA) is 123 Å². The van der Waals surface area contributed by atoms with Crippen molar-refractivity contribution in [3.63, 3.8) is 0 Å². The molecule has 12 heteroatoms. The van der Waals surface area contributed by atoms with Crippen LogP contribution in [-0.2, 0) is 21.0 Å². The predicted molar refractivity (Wildman–Crippen MR) is 160 cm³/mol. The molecule has 2 unspecified atom stereocenters. The molecule has 0 amide bonds. The molecule has 1 aliphatic carbocycles. The normalized spacial score (nSPS) is 18.9. The van der Waals surface area contributed by atoms with Gasteiger partial charge in [0.15, 0.2) is 5.82 Å². The zero-order chi connectivity index (χ0) is 28.8. The van der Waals surface area contributed by atoms with Gasteiger partial charge in [0.1, 0.15) is 31.2 Å². The molecule has 0 radical (unpaired) electrons. The summed E-state index contributed by atoms with van der Waals surface area (Å²) >= 11 is 0. The number of anilines is 1. The summed E-state index contributed by atoms with van der Waals surface area (Å²) in [4.78, 5) is 23.1. The van der Waals surface area contributed by atoms with Gasteiger partial charge >= 0.3 is 0 Å². The molecule has 2 fully saturated rings. The maximum Gasteiger partial charge on any atom is 0.162 e. The molecule has 1 saturated heterocycles. The van der Waals surface area contributed by atoms with Gasteiger partial charge in [-0.05, 0) is 30.9 Å². The highest BCUT2D eigenvalue weighted by Gasteiger charge is 2.32. The molecular weight excluding hydrogens is 536 g/mol. The van der Waals surface area contributed by atoms with Crippen LogP contribution in [0.3, 0.4) is 0 Å². The maximum absolute atomic E-state index is 11.9. The summed E-state index contributed by atoms with van der Waals surface area (Å²) in [5, 5.41) is 19.0. The Labute approximate surface area is 242 Å². The van der Waals surface area contributed by atoms with E-state index in [1.807, 2.05) is 32.6 Å². The fourth-order valence-corrected chi connectivity index (χ4v) is 6.64. The first-order chi connectivity index (χ1) is 19.9. The van der Waals surface area contributed by atoms with Gasteiger partial charge < -0.3 is 29.1 Å². The molecule has 3 aromatic rings. The standard InChI is InChI=1S/C29H42N8O3Si/c1-41(2,3)17-16-39-21-35-12-9-23-27(32-20-33-28(23)35)24-19-37(25(8-10-30)22-6-4-5-7-22)34-29(24)36(13-14-38)26-18-31-11-15-40-26/h9,12,14,19-20,22,25-26,31H,4-8,11,13,15-18,21H2,1-3H3. The molecule has 220 valence electrons. The number of aromatic nitrogens is 5. The Morgan fingerprint density at radius 1 is 1.32 bits per heavy atom. The largest absolute Gasteiger partial charge is 0.361 e. The first-order valence-electron chi connectivity index (χ1n) is 14.8. The number of nitrogens with one attached hydrogen (secondary N) is 1. The monoisotopic (exact) mass is 578 g/mol. The van der Waals surface area contributed by atoms with Crippen molar-refractivity contribution in [3.8, 4) is 17.3 Å². The van der Waals surface area contributed by atoms with Crippen molar-refractivity contribution in [1.82, 2.24) is 29.6 Å². The van der Waals surface area contributed by atoms with E-state index in [4.69, 9.17) is 19.6 Å². The van der Waals surface area contributed by atoms with Gasteiger partial charge in [-0.3, -0.25) is 4.68 Å². The van der Waals surface area contributed by atoms with E-state index >= 15 is 0 Å². The molecule has 3 aromatic heterocycles. The zero-order valence-corrected chi connectivity index (χ0v) is 25.5. The minimum atomic E-state index is -1.18. The SMILES string of the molecule is C[Si](C)(C)CCOCn1ccc2c(-c3cn(C(CC#N)C4CCCC4)nc3N(CC=O)C3CNCCO3)ncnc21. The third-order valence-electron chi connectivity index (χ3n) is 8.13. The third kappa shape index (κ3) is 6.86. The van der Waals surface area contributed by atoms with Crippen LogP contribution >= 0.6 is 0 Å². The average molecular weight is 579 g/mol. The van der Waals surface area contributed by atoms with Gasteiger partial charge in [-0.25, -0.2) is 9.97 Å². The molecule has 2 atom stereocenters. The Morgan fingerprint density at radius 3 is 2.85 bits per heavy atom. The van der Waals surface area contributed by atoms with Crippen LogP contribution in [0, 0.1) is 17.2 Å². The van der Waals surface area contributed by atoms with Crippen LogP contribution in [0.15, 0.2) is 24.8 Å². The van der Waals surface area contributed by atoms with E-state index in [-0.39, 0.29) is 18.8 Å². The lowest BCUT2D eigenvalue weighted by Crippen LogP contribution is -2.50. The molecule has 4 heterocycles. The molecular formula is C29H42N8O3Si. The van der Waals surface area contributed by atoms with E-state index in [9.17, 15) is 10.1 Å². The highest BCUT2D eigenvalue weighted by atomic mass is 28.3. The number of ether oxygens (including phenoxy) is 2. The second-order valence-corrected chi connectivity index (χ2v) is 17.9. The number of fused-ring (bicyclic) bond motifs is 1. The summed E-state index contributed by atoms with van der Waals surface area (Å²) < 4.78 is 16.0. The van der Waals surface area contributed by atoms with E-state index in [1.165, 1.54) is 12.8 Å². The number of nitrogens with zero attached hydrogens (tertiary/aromatic N) is 7. The highest BCUT2D eigenvalue weighted by Crippen LogP contribution is 2.40. The maximum atomic E-state index is 11.9. The van der Waals surface area contributed by atoms with Crippen LogP contribution in [0.4, 0.5) is 5.82 Å². The fourth-order valence-electron chi connectivity index (χ4n) is 5.88. The van der Waals surface area contributed by atoms with Crippen molar-refractivity contribution < 1.29 is 14.3 Å². The summed E-state index contributed by atoms with van der Waals surface area (Å²) in [6, 6.07) is 5.46. The minimum Gasteiger partial charge on any atom is -0.361 e. The molecule has 1 aliphatic heterocycles. The van der Waals surface area contributed by atoms with Crippen LogP contribution in [0.5, 0.6) is 0 Å². The Bertz CT molecular complexity index is 1350. The van der Waals surface area contributed by atoms with E-state index < -0.39 is 8.07 Å². The van der Waals surface area contributed by atoms with Gasteiger partial charge in [-0.2, -0.15) is 10.4 Å². The van der Waals surface area contributed by atoms with E-state index in [0.717, 1.165) is 60.6 Å². The Hall–Kier alpha value is -3.11. The van der Waals surface area contributed by atoms with Gasteiger partial charge in [0.2, 0.25) is 0 Å². The second kappa shape index (κ2) is 13.2. The van der Waals surface area contributed by atoms with E-state index in [1.54, 1.807) is 6.33 Å². The Morgan fingerprint density at radius 2 is 2.15 bits per heavy atom. The minimum absolute atomic E-state index is 0.0415. The molecule has 1 saturated carbocycles. The molecule has 0 spiro atoms. The van der Waals surface area contributed by atoms with Crippen LogP contribution in [-0.4, -0.2) is 77.8 Å². The molecule has 1 N–H and O–H groups in total. The lowest BCUT2D eigenvalue weighted by molar-refractivity contribution is -0.107. The quantitative estimate of drug-likeness (QED) is 0.181. The number of aldehydes is 1. The lowest BCUT2D eigenvalue weighted by Gasteiger charge is -2.34. The van der Waals surface area contributed by atoms with Crippen LogP contribution in [0.1, 0.15) is 38.1 Å². The van der Waals surface area contributed by atoms with Gasteiger partial charge in [-0.15, -0.1) is 0 Å². The number of carbonyl (C=O) groups excluding carboxylic acids is 1. The van der Waals surface area contributed by atoms with Gasteiger partial charge in [0.05, 0.1) is 42.9 Å². The summed E-state index contributed by atoms with van der Waals surface area (Å²) in [5.41, 5.74) is 2.31. The third-order valence-corrected chi connectivity index (χ3v) is 9.84. The number of morpholine rings is 1. The van der Waals surface area contributed by atoms with Crippen molar-refractivity contribution in [2.75, 3.05) is 37.7 Å². The summed E-state index contributed by atoms with van der Waals surface area (Å²) in [5.74, 6) is 1.02. The van der Waals surface area contributed by atoms with E-state index in [0.29, 0.717) is 38.0 Å². The number of hydrogen-bond donors (Lipinski definition) is 1. The molecule has 0 bridgehead atoms. The second-order valence-electron chi connectivity index (χ2n) is 12.3. The number of carbonyl (C=O) groups is 1. The fraction of sp³-hybridized carbons (Fsp3) is 0.621. The van der Waals surface area contributed by atoms with Crippen molar-refractivity contribution >= 4 is 31.2 Å². The van der Waals surface area contributed by atoms with Crippen molar-refractivity contribution in [3.05, 3.63) is 24.8 Å². The van der Waals surface area contributed by atoms with Gasteiger partial charge in [-0.1, -0.05) is 32.5 Å². The van der Waals surface area contributed by atoms with Crippen LogP contribution in [0.25, 0.3) is 22.3 Å². The molecule has 0 aromatic carbocycles. The first kappa shape index (κ1) is 29.4. The van der Waals surface area contributed by atoms with Crippen LogP contribution < -0.4 is 10.2 Å². The number of rotatable bonds is 13. The lowest BCUT2D eigenvalue weighted by atomic mass is 9.96. The van der Waals surface area contributed by atoms with E-state index in [2.05, 4.69) is 36.0 Å². The summed E-state index contributed by atoms with van der Waals surface area (Å²) in [6.07, 6.45) is 11.0. The smallest absolute Gasteiger partial charge is 0.162 e. The molecule has 41 heavy (non-hydrogen) atoms. The van der Waals surface area contributed by atoms with Crippen molar-refractivity contribution in [2.45, 2.75) is 76.8 Å². The van der Waals surface area contributed by atoms with Gasteiger partial charge in [0, 0.05) is 45.6 Å². The molecule has 11 nitrogen and oxygen atoms in total. The summed E-state index contributed by atoms with van der Waals surface area (Å²) in [7, 11) is -1.18. The average Bonchev–Trinajstić information content (AvgIpc) is 3.73.